The van der Waals surface area contributed by atoms with Crippen LogP contribution in [0.15, 0.2) is 97.1 Å². The van der Waals surface area contributed by atoms with Crippen molar-refractivity contribution >= 4 is 22.7 Å². The summed E-state index contributed by atoms with van der Waals surface area (Å²) in [7, 11) is 7.45. The zero-order valence-electron chi connectivity index (χ0n) is 20.1. The number of ether oxygens (including phenoxy) is 2. The molecule has 0 bridgehead atoms. The van der Waals surface area contributed by atoms with Crippen LogP contribution in [0, 0.1) is 0 Å². The van der Waals surface area contributed by atoms with Crippen molar-refractivity contribution in [2.75, 3.05) is 38.1 Å². The van der Waals surface area contributed by atoms with Crippen LogP contribution in [0.4, 0.5) is 22.7 Å². The lowest BCUT2D eigenvalue weighted by atomic mass is 9.99. The average Bonchev–Trinajstić information content (AvgIpc) is 2.92. The van der Waals surface area contributed by atoms with Crippen LogP contribution >= 0.6 is 0 Å². The van der Waals surface area contributed by atoms with Gasteiger partial charge in [0.2, 0.25) is 0 Å². The summed E-state index contributed by atoms with van der Waals surface area (Å²) in [5.41, 5.74) is 13.1. The highest BCUT2D eigenvalue weighted by molar-refractivity contribution is 5.65. The van der Waals surface area contributed by atoms with Crippen LogP contribution < -0.4 is 25.0 Å². The minimum atomic E-state index is -0.194. The Morgan fingerprint density at radius 1 is 0.500 bits per heavy atom. The normalized spacial score (nSPS) is 10.8. The minimum Gasteiger partial charge on any atom is -0.497 e. The second-order valence-corrected chi connectivity index (χ2v) is 8.17. The van der Waals surface area contributed by atoms with Crippen LogP contribution in [0.3, 0.4) is 0 Å². The van der Waals surface area contributed by atoms with Gasteiger partial charge in [0.25, 0.3) is 0 Å². The van der Waals surface area contributed by atoms with Crippen molar-refractivity contribution in [1.29, 1.82) is 0 Å². The molecule has 0 saturated heterocycles. The third-order valence-corrected chi connectivity index (χ3v) is 6.20. The molecule has 4 aromatic rings. The van der Waals surface area contributed by atoms with Crippen molar-refractivity contribution in [1.82, 2.24) is 0 Å². The minimum absolute atomic E-state index is 0.194. The van der Waals surface area contributed by atoms with Gasteiger partial charge in [-0.3, -0.25) is 0 Å². The SMILES string of the molecule is COc1ccc(N(C)c2ccc(C(N)c3ccc(N(C)c4ccc(OC)cc4)cc3)cc2)cc1. The van der Waals surface area contributed by atoms with E-state index < -0.39 is 0 Å². The van der Waals surface area contributed by atoms with Crippen LogP contribution in [0.2, 0.25) is 0 Å². The van der Waals surface area contributed by atoms with Crippen LogP contribution in [-0.4, -0.2) is 28.3 Å². The Hall–Kier alpha value is -3.96. The second-order valence-electron chi connectivity index (χ2n) is 8.17. The van der Waals surface area contributed by atoms with Crippen molar-refractivity contribution in [3.8, 4) is 11.5 Å². The van der Waals surface area contributed by atoms with E-state index in [9.17, 15) is 0 Å². The maximum atomic E-state index is 6.60. The van der Waals surface area contributed by atoms with E-state index in [0.29, 0.717) is 0 Å². The van der Waals surface area contributed by atoms with Crippen molar-refractivity contribution in [3.63, 3.8) is 0 Å². The van der Waals surface area contributed by atoms with Gasteiger partial charge in [-0.1, -0.05) is 24.3 Å². The van der Waals surface area contributed by atoms with E-state index in [2.05, 4.69) is 72.4 Å². The predicted octanol–water partition coefficient (Wildman–Crippen LogP) is 6.29. The molecule has 4 rings (SSSR count). The molecule has 0 amide bonds. The Morgan fingerprint density at radius 2 is 0.765 bits per heavy atom. The topological polar surface area (TPSA) is 51.0 Å². The summed E-state index contributed by atoms with van der Waals surface area (Å²) in [5.74, 6) is 1.69. The fourth-order valence-electron chi connectivity index (χ4n) is 3.91. The lowest BCUT2D eigenvalue weighted by Crippen LogP contribution is -2.14. The summed E-state index contributed by atoms with van der Waals surface area (Å²) in [6.07, 6.45) is 0. The van der Waals surface area contributed by atoms with Crippen molar-refractivity contribution in [3.05, 3.63) is 108 Å². The molecule has 34 heavy (non-hydrogen) atoms. The molecule has 0 saturated carbocycles. The van der Waals surface area contributed by atoms with Gasteiger partial charge in [0, 0.05) is 36.8 Å². The highest BCUT2D eigenvalue weighted by Crippen LogP contribution is 2.30. The average molecular weight is 454 g/mol. The van der Waals surface area contributed by atoms with Crippen molar-refractivity contribution in [2.45, 2.75) is 6.04 Å². The molecular formula is C29H31N3O2. The number of methoxy groups -OCH3 is 2. The number of hydrogen-bond donors (Lipinski definition) is 1. The number of nitrogens with zero attached hydrogens (tertiary/aromatic N) is 2. The van der Waals surface area contributed by atoms with E-state index in [1.54, 1.807) is 14.2 Å². The maximum Gasteiger partial charge on any atom is 0.119 e. The molecular weight excluding hydrogens is 422 g/mol. The van der Waals surface area contributed by atoms with Gasteiger partial charge >= 0.3 is 0 Å². The molecule has 0 aliphatic heterocycles. The quantitative estimate of drug-likeness (QED) is 0.340. The van der Waals surface area contributed by atoms with E-state index >= 15 is 0 Å². The lowest BCUT2D eigenvalue weighted by Gasteiger charge is -2.22. The molecule has 0 radical (unpaired) electrons. The fraction of sp³-hybridized carbons (Fsp3) is 0.172. The molecule has 0 aliphatic carbocycles. The standard InChI is InChI=1S/C29H31N3O2/c1-31(25-13-17-27(33-3)18-14-25)23-9-5-21(6-10-23)29(30)22-7-11-24(12-8-22)32(2)26-15-19-28(34-4)20-16-26/h5-20,29H,30H2,1-4H3. The Kier molecular flexibility index (Phi) is 7.04. The number of rotatable bonds is 8. The smallest absolute Gasteiger partial charge is 0.119 e. The van der Waals surface area contributed by atoms with Gasteiger partial charge in [-0.05, 0) is 83.9 Å². The van der Waals surface area contributed by atoms with E-state index in [0.717, 1.165) is 45.4 Å². The van der Waals surface area contributed by atoms with Crippen LogP contribution in [0.5, 0.6) is 11.5 Å². The first-order valence-electron chi connectivity index (χ1n) is 11.2. The van der Waals surface area contributed by atoms with Gasteiger partial charge < -0.3 is 25.0 Å². The van der Waals surface area contributed by atoms with Gasteiger partial charge in [0.1, 0.15) is 11.5 Å². The second kappa shape index (κ2) is 10.3. The summed E-state index contributed by atoms with van der Waals surface area (Å²) >= 11 is 0. The van der Waals surface area contributed by atoms with E-state index in [4.69, 9.17) is 15.2 Å². The molecule has 4 aromatic carbocycles. The molecule has 0 heterocycles. The van der Waals surface area contributed by atoms with Gasteiger partial charge in [-0.25, -0.2) is 0 Å². The molecule has 174 valence electrons. The third-order valence-electron chi connectivity index (χ3n) is 6.20. The number of nitrogens with two attached hydrogens (primary N) is 1. The van der Waals surface area contributed by atoms with Crippen molar-refractivity contribution < 1.29 is 9.47 Å². The molecule has 2 N–H and O–H groups in total. The first-order valence-corrected chi connectivity index (χ1v) is 11.2. The molecule has 0 aromatic heterocycles. The van der Waals surface area contributed by atoms with E-state index in [1.165, 1.54) is 0 Å². The molecule has 0 fully saturated rings. The summed E-state index contributed by atoms with van der Waals surface area (Å²) in [6, 6.07) is 32.6. The molecule has 5 nitrogen and oxygen atoms in total. The Morgan fingerprint density at radius 3 is 1.03 bits per heavy atom. The zero-order chi connectivity index (χ0) is 24.1. The van der Waals surface area contributed by atoms with E-state index in [-0.39, 0.29) is 6.04 Å². The Bertz CT molecular complexity index is 1090. The molecule has 0 unspecified atom stereocenters. The van der Waals surface area contributed by atoms with Gasteiger partial charge in [-0.2, -0.15) is 0 Å². The Labute approximate surface area is 202 Å². The highest BCUT2D eigenvalue weighted by Gasteiger charge is 2.12. The lowest BCUT2D eigenvalue weighted by molar-refractivity contribution is 0.414. The van der Waals surface area contributed by atoms with Crippen LogP contribution in [0.1, 0.15) is 17.2 Å². The van der Waals surface area contributed by atoms with Crippen LogP contribution in [-0.2, 0) is 0 Å². The Balaban J connectivity index is 1.45. The molecule has 0 aliphatic rings. The van der Waals surface area contributed by atoms with Gasteiger partial charge in [-0.15, -0.1) is 0 Å². The van der Waals surface area contributed by atoms with E-state index in [1.807, 2.05) is 48.5 Å². The first kappa shape index (κ1) is 23.2. The zero-order valence-corrected chi connectivity index (χ0v) is 20.1. The number of anilines is 4. The monoisotopic (exact) mass is 453 g/mol. The summed E-state index contributed by atoms with van der Waals surface area (Å²) in [4.78, 5) is 4.27. The first-order chi connectivity index (χ1) is 16.5. The van der Waals surface area contributed by atoms with Gasteiger partial charge in [0.15, 0.2) is 0 Å². The van der Waals surface area contributed by atoms with Crippen LogP contribution in [0.25, 0.3) is 0 Å². The number of hydrogen-bond acceptors (Lipinski definition) is 5. The molecule has 0 atom stereocenters. The highest BCUT2D eigenvalue weighted by atomic mass is 16.5. The maximum absolute atomic E-state index is 6.60. The summed E-state index contributed by atoms with van der Waals surface area (Å²) < 4.78 is 10.5. The third kappa shape index (κ3) is 5.00. The number of benzene rings is 4. The molecule has 5 heteroatoms. The molecule has 0 spiro atoms. The van der Waals surface area contributed by atoms with Crippen molar-refractivity contribution in [2.24, 2.45) is 5.73 Å². The van der Waals surface area contributed by atoms with Gasteiger partial charge in [0.05, 0.1) is 20.3 Å². The summed E-state index contributed by atoms with van der Waals surface area (Å²) in [6.45, 7) is 0. The summed E-state index contributed by atoms with van der Waals surface area (Å²) in [5, 5.41) is 0. The predicted molar refractivity (Wildman–Crippen MR) is 141 cm³/mol. The fourth-order valence-corrected chi connectivity index (χ4v) is 3.91. The largest absolute Gasteiger partial charge is 0.497 e.